The van der Waals surface area contributed by atoms with Gasteiger partial charge in [0.15, 0.2) is 0 Å². The van der Waals surface area contributed by atoms with Gasteiger partial charge in [0.1, 0.15) is 11.5 Å². The van der Waals surface area contributed by atoms with Crippen LogP contribution < -0.4 is 5.73 Å². The molecule has 0 aromatic carbocycles. The Morgan fingerprint density at radius 1 is 1.35 bits per heavy atom. The smallest absolute Gasteiger partial charge is 0.118 e. The molecular weight excluding hydrogens is 248 g/mol. The summed E-state index contributed by atoms with van der Waals surface area (Å²) in [6.45, 7) is 9.39. The molecule has 1 heterocycles. The van der Waals surface area contributed by atoms with E-state index in [4.69, 9.17) is 10.2 Å². The molecule has 0 saturated heterocycles. The minimum Gasteiger partial charge on any atom is -0.465 e. The zero-order chi connectivity index (χ0) is 14.5. The summed E-state index contributed by atoms with van der Waals surface area (Å²) < 4.78 is 5.70. The van der Waals surface area contributed by atoms with Crippen molar-refractivity contribution in [2.45, 2.75) is 72.0 Å². The van der Waals surface area contributed by atoms with Crippen LogP contribution in [0.2, 0.25) is 0 Å². The lowest BCUT2D eigenvalue weighted by atomic mass is 10.1. The lowest BCUT2D eigenvalue weighted by Crippen LogP contribution is -2.34. The maximum absolute atomic E-state index is 5.70. The average Bonchev–Trinajstić information content (AvgIpc) is 3.04. The Balaban J connectivity index is 2.03. The highest BCUT2D eigenvalue weighted by Crippen LogP contribution is 2.27. The summed E-state index contributed by atoms with van der Waals surface area (Å²) in [6, 6.07) is 2.91. The number of nitrogens with two attached hydrogens (primary N) is 1. The molecule has 0 aliphatic heterocycles. The molecule has 0 atom stereocenters. The SMILES string of the molecule is Cc1oc(CN)cc1CN(CCC(C)C)C1CCCC1. The summed E-state index contributed by atoms with van der Waals surface area (Å²) >= 11 is 0. The van der Waals surface area contributed by atoms with Crippen LogP contribution in [0.5, 0.6) is 0 Å². The number of hydrogen-bond donors (Lipinski definition) is 1. The molecule has 2 rings (SSSR count). The van der Waals surface area contributed by atoms with Gasteiger partial charge >= 0.3 is 0 Å². The topological polar surface area (TPSA) is 42.4 Å². The monoisotopic (exact) mass is 278 g/mol. The first kappa shape index (κ1) is 15.6. The van der Waals surface area contributed by atoms with Crippen LogP contribution in [-0.2, 0) is 13.1 Å². The van der Waals surface area contributed by atoms with Crippen LogP contribution in [0, 0.1) is 12.8 Å². The number of hydrogen-bond acceptors (Lipinski definition) is 3. The Morgan fingerprint density at radius 3 is 2.60 bits per heavy atom. The van der Waals surface area contributed by atoms with Crippen molar-refractivity contribution in [2.75, 3.05) is 6.54 Å². The Bertz CT molecular complexity index is 405. The van der Waals surface area contributed by atoms with Gasteiger partial charge in [-0.05, 0) is 44.7 Å². The van der Waals surface area contributed by atoms with Crippen LogP contribution in [0.15, 0.2) is 10.5 Å². The quantitative estimate of drug-likeness (QED) is 0.824. The van der Waals surface area contributed by atoms with Crippen LogP contribution in [0.4, 0.5) is 0 Å². The molecule has 2 N–H and O–H groups in total. The van der Waals surface area contributed by atoms with Crippen molar-refractivity contribution in [3.8, 4) is 0 Å². The summed E-state index contributed by atoms with van der Waals surface area (Å²) in [5.41, 5.74) is 7.00. The fraction of sp³-hybridized carbons (Fsp3) is 0.765. The van der Waals surface area contributed by atoms with E-state index in [2.05, 4.69) is 31.7 Å². The van der Waals surface area contributed by atoms with Gasteiger partial charge in [0.25, 0.3) is 0 Å². The molecule has 3 nitrogen and oxygen atoms in total. The summed E-state index contributed by atoms with van der Waals surface area (Å²) in [5.74, 6) is 2.72. The lowest BCUT2D eigenvalue weighted by Gasteiger charge is -2.29. The highest BCUT2D eigenvalue weighted by atomic mass is 16.3. The van der Waals surface area contributed by atoms with E-state index >= 15 is 0 Å². The second kappa shape index (κ2) is 7.28. The van der Waals surface area contributed by atoms with E-state index in [9.17, 15) is 0 Å². The molecule has 114 valence electrons. The second-order valence-corrected chi connectivity index (χ2v) is 6.59. The normalized spacial score (nSPS) is 16.7. The predicted octanol–water partition coefficient (Wildman–Crippen LogP) is 3.84. The van der Waals surface area contributed by atoms with Crippen molar-refractivity contribution in [3.63, 3.8) is 0 Å². The van der Waals surface area contributed by atoms with Crippen LogP contribution in [0.1, 0.15) is 63.0 Å². The molecule has 0 bridgehead atoms. The highest BCUT2D eigenvalue weighted by Gasteiger charge is 2.23. The standard InChI is InChI=1S/C17H30N2O/c1-13(2)8-9-19(16-6-4-5-7-16)12-15-10-17(11-18)20-14(15)3/h10,13,16H,4-9,11-12,18H2,1-3H3. The molecule has 0 radical (unpaired) electrons. The van der Waals surface area contributed by atoms with Crippen LogP contribution >= 0.6 is 0 Å². The fourth-order valence-electron chi connectivity index (χ4n) is 3.15. The number of rotatable bonds is 7. The average molecular weight is 278 g/mol. The number of furan rings is 1. The van der Waals surface area contributed by atoms with Gasteiger partial charge in [-0.2, -0.15) is 0 Å². The van der Waals surface area contributed by atoms with Gasteiger partial charge in [-0.15, -0.1) is 0 Å². The molecular formula is C17H30N2O. The van der Waals surface area contributed by atoms with E-state index in [1.165, 1.54) is 44.2 Å². The first-order valence-electron chi connectivity index (χ1n) is 8.12. The summed E-state index contributed by atoms with van der Waals surface area (Å²) in [4.78, 5) is 2.67. The number of nitrogens with zero attached hydrogens (tertiary/aromatic N) is 1. The van der Waals surface area contributed by atoms with Gasteiger partial charge < -0.3 is 10.2 Å². The van der Waals surface area contributed by atoms with Crippen molar-refractivity contribution >= 4 is 0 Å². The predicted molar refractivity (Wildman–Crippen MR) is 83.5 cm³/mol. The second-order valence-electron chi connectivity index (χ2n) is 6.59. The van der Waals surface area contributed by atoms with Gasteiger partial charge in [-0.25, -0.2) is 0 Å². The van der Waals surface area contributed by atoms with E-state index in [0.717, 1.165) is 30.0 Å². The third-order valence-corrected chi connectivity index (χ3v) is 4.48. The van der Waals surface area contributed by atoms with E-state index in [-0.39, 0.29) is 0 Å². The minimum atomic E-state index is 0.496. The molecule has 0 unspecified atom stereocenters. The van der Waals surface area contributed by atoms with E-state index in [1.54, 1.807) is 0 Å². The molecule has 0 spiro atoms. The van der Waals surface area contributed by atoms with Crippen LogP contribution in [-0.4, -0.2) is 17.5 Å². The fourth-order valence-corrected chi connectivity index (χ4v) is 3.15. The van der Waals surface area contributed by atoms with Crippen molar-refractivity contribution in [3.05, 3.63) is 23.2 Å². The zero-order valence-corrected chi connectivity index (χ0v) is 13.3. The van der Waals surface area contributed by atoms with E-state index in [1.807, 2.05) is 0 Å². The Labute approximate surface area is 123 Å². The summed E-state index contributed by atoms with van der Waals surface area (Å²) in [6.07, 6.45) is 6.77. The molecule has 1 aromatic heterocycles. The summed E-state index contributed by atoms with van der Waals surface area (Å²) in [7, 11) is 0. The third kappa shape index (κ3) is 4.10. The van der Waals surface area contributed by atoms with Crippen LogP contribution in [0.25, 0.3) is 0 Å². The van der Waals surface area contributed by atoms with Crippen molar-refractivity contribution < 1.29 is 4.42 Å². The lowest BCUT2D eigenvalue weighted by molar-refractivity contribution is 0.178. The third-order valence-electron chi connectivity index (χ3n) is 4.48. The number of aryl methyl sites for hydroxylation is 1. The van der Waals surface area contributed by atoms with Gasteiger partial charge in [-0.3, -0.25) is 4.90 Å². The molecule has 1 aromatic rings. The summed E-state index contributed by atoms with van der Waals surface area (Å²) in [5, 5.41) is 0. The maximum Gasteiger partial charge on any atom is 0.118 e. The maximum atomic E-state index is 5.70. The molecule has 20 heavy (non-hydrogen) atoms. The molecule has 1 aliphatic carbocycles. The van der Waals surface area contributed by atoms with Gasteiger partial charge in [0.05, 0.1) is 6.54 Å². The molecule has 3 heteroatoms. The molecule has 1 saturated carbocycles. The zero-order valence-electron chi connectivity index (χ0n) is 13.3. The van der Waals surface area contributed by atoms with Crippen molar-refractivity contribution in [1.82, 2.24) is 4.90 Å². The minimum absolute atomic E-state index is 0.496. The molecule has 1 fully saturated rings. The van der Waals surface area contributed by atoms with Gasteiger partial charge in [0.2, 0.25) is 0 Å². The van der Waals surface area contributed by atoms with E-state index < -0.39 is 0 Å². The van der Waals surface area contributed by atoms with E-state index in [0.29, 0.717) is 6.54 Å². The van der Waals surface area contributed by atoms with Crippen LogP contribution in [0.3, 0.4) is 0 Å². The Morgan fingerprint density at radius 2 is 2.05 bits per heavy atom. The van der Waals surface area contributed by atoms with Gasteiger partial charge in [0, 0.05) is 18.2 Å². The largest absolute Gasteiger partial charge is 0.465 e. The van der Waals surface area contributed by atoms with Crippen molar-refractivity contribution in [1.29, 1.82) is 0 Å². The first-order valence-corrected chi connectivity index (χ1v) is 8.12. The first-order chi connectivity index (χ1) is 9.60. The Hall–Kier alpha value is -0.800. The molecule has 0 amide bonds. The van der Waals surface area contributed by atoms with Gasteiger partial charge in [-0.1, -0.05) is 26.7 Å². The Kier molecular flexibility index (Phi) is 5.67. The van der Waals surface area contributed by atoms with Crippen molar-refractivity contribution in [2.24, 2.45) is 11.7 Å². The molecule has 1 aliphatic rings. The highest BCUT2D eigenvalue weighted by molar-refractivity contribution is 5.20.